The third kappa shape index (κ3) is 2.69. The minimum absolute atomic E-state index is 0.122. The summed E-state index contributed by atoms with van der Waals surface area (Å²) in [7, 11) is 0. The van der Waals surface area contributed by atoms with Crippen molar-refractivity contribution >= 4 is 5.91 Å². The van der Waals surface area contributed by atoms with Crippen LogP contribution in [0, 0.1) is 0 Å². The first-order valence-corrected chi connectivity index (χ1v) is 6.02. The summed E-state index contributed by atoms with van der Waals surface area (Å²) < 4.78 is 0. The largest absolute Gasteiger partial charge is 0.355 e. The molecule has 2 N–H and O–H groups in total. The molecule has 1 amide bonds. The van der Waals surface area contributed by atoms with E-state index in [0.717, 1.165) is 39.0 Å². The highest BCUT2D eigenvalue weighted by molar-refractivity contribution is 5.81. The molecule has 2 atom stereocenters. The van der Waals surface area contributed by atoms with Gasteiger partial charge in [0, 0.05) is 32.2 Å². The van der Waals surface area contributed by atoms with Gasteiger partial charge in [-0.05, 0) is 26.2 Å². The Morgan fingerprint density at radius 1 is 1.33 bits per heavy atom. The summed E-state index contributed by atoms with van der Waals surface area (Å²) in [5.74, 6) is 0.238. The van der Waals surface area contributed by atoms with Gasteiger partial charge >= 0.3 is 0 Å². The Kier molecular flexibility index (Phi) is 3.59. The van der Waals surface area contributed by atoms with Crippen LogP contribution in [0.25, 0.3) is 0 Å². The van der Waals surface area contributed by atoms with E-state index in [-0.39, 0.29) is 11.9 Å². The maximum absolute atomic E-state index is 11.8. The van der Waals surface area contributed by atoms with Crippen molar-refractivity contribution in [2.45, 2.75) is 38.3 Å². The van der Waals surface area contributed by atoms with E-state index < -0.39 is 0 Å². The Bertz CT molecular complexity index is 232. The fourth-order valence-corrected chi connectivity index (χ4v) is 2.52. The van der Waals surface area contributed by atoms with Crippen LogP contribution in [0.15, 0.2) is 0 Å². The van der Waals surface area contributed by atoms with Crippen molar-refractivity contribution in [3.8, 4) is 0 Å². The number of nitrogens with zero attached hydrogens (tertiary/aromatic N) is 1. The van der Waals surface area contributed by atoms with Crippen molar-refractivity contribution in [3.63, 3.8) is 0 Å². The fraction of sp³-hybridized carbons (Fsp3) is 0.909. The smallest absolute Gasteiger partial charge is 0.237 e. The van der Waals surface area contributed by atoms with Crippen LogP contribution >= 0.6 is 0 Å². The molecule has 2 heterocycles. The second-order valence-electron chi connectivity index (χ2n) is 4.65. The Labute approximate surface area is 91.4 Å². The van der Waals surface area contributed by atoms with Gasteiger partial charge in [-0.15, -0.1) is 0 Å². The first kappa shape index (κ1) is 10.9. The molecule has 4 nitrogen and oxygen atoms in total. The first-order chi connectivity index (χ1) is 7.27. The number of carbonyl (C=O) groups excluding carboxylic acids is 1. The number of hydrogen-bond donors (Lipinski definition) is 2. The van der Waals surface area contributed by atoms with Gasteiger partial charge in [0.25, 0.3) is 0 Å². The maximum atomic E-state index is 11.8. The number of piperazine rings is 1. The van der Waals surface area contributed by atoms with Gasteiger partial charge in [-0.1, -0.05) is 0 Å². The van der Waals surface area contributed by atoms with E-state index in [0.29, 0.717) is 6.04 Å². The van der Waals surface area contributed by atoms with Crippen molar-refractivity contribution in [1.82, 2.24) is 15.5 Å². The molecule has 1 unspecified atom stereocenters. The van der Waals surface area contributed by atoms with Crippen LogP contribution in [0.5, 0.6) is 0 Å². The highest BCUT2D eigenvalue weighted by Gasteiger charge is 2.29. The monoisotopic (exact) mass is 211 g/mol. The van der Waals surface area contributed by atoms with Gasteiger partial charge in [-0.3, -0.25) is 9.69 Å². The van der Waals surface area contributed by atoms with Gasteiger partial charge in [0.15, 0.2) is 0 Å². The average molecular weight is 211 g/mol. The molecule has 2 saturated heterocycles. The highest BCUT2D eigenvalue weighted by atomic mass is 16.2. The fourth-order valence-electron chi connectivity index (χ4n) is 2.52. The van der Waals surface area contributed by atoms with Crippen molar-refractivity contribution < 1.29 is 4.79 Å². The van der Waals surface area contributed by atoms with Crippen molar-refractivity contribution in [2.75, 3.05) is 26.2 Å². The van der Waals surface area contributed by atoms with Gasteiger partial charge in [0.05, 0.1) is 6.04 Å². The van der Waals surface area contributed by atoms with Gasteiger partial charge in [-0.2, -0.15) is 0 Å². The van der Waals surface area contributed by atoms with Gasteiger partial charge in [0.2, 0.25) is 5.91 Å². The van der Waals surface area contributed by atoms with Gasteiger partial charge in [0.1, 0.15) is 0 Å². The molecule has 2 rings (SSSR count). The molecular weight excluding hydrogens is 190 g/mol. The summed E-state index contributed by atoms with van der Waals surface area (Å²) in [6.07, 6.45) is 3.32. The van der Waals surface area contributed by atoms with Crippen LogP contribution in [0.3, 0.4) is 0 Å². The molecule has 2 aliphatic heterocycles. The summed E-state index contributed by atoms with van der Waals surface area (Å²) >= 11 is 0. The van der Waals surface area contributed by atoms with Crippen LogP contribution in [0.1, 0.15) is 26.2 Å². The molecular formula is C11H21N3O. The summed E-state index contributed by atoms with van der Waals surface area (Å²) in [5, 5.41) is 6.41. The normalized spacial score (nSPS) is 34.6. The molecule has 0 aromatic rings. The molecule has 0 spiro atoms. The molecule has 0 radical (unpaired) electrons. The Morgan fingerprint density at radius 2 is 2.20 bits per heavy atom. The van der Waals surface area contributed by atoms with Crippen LogP contribution in [-0.4, -0.2) is 49.1 Å². The highest BCUT2D eigenvalue weighted by Crippen LogP contribution is 2.14. The molecule has 0 aliphatic carbocycles. The van der Waals surface area contributed by atoms with Crippen molar-refractivity contribution in [3.05, 3.63) is 0 Å². The third-order valence-corrected chi connectivity index (χ3v) is 3.35. The SMILES string of the molecule is C[C@@H]1CN(C2CCCCNC2=O)CCN1. The minimum atomic E-state index is 0.122. The lowest BCUT2D eigenvalue weighted by Crippen LogP contribution is -2.56. The molecule has 86 valence electrons. The minimum Gasteiger partial charge on any atom is -0.355 e. The number of rotatable bonds is 1. The van der Waals surface area contributed by atoms with E-state index >= 15 is 0 Å². The number of amides is 1. The van der Waals surface area contributed by atoms with E-state index in [1.54, 1.807) is 0 Å². The van der Waals surface area contributed by atoms with E-state index in [2.05, 4.69) is 22.5 Å². The number of hydrogen-bond acceptors (Lipinski definition) is 3. The molecule has 2 aliphatic rings. The summed E-state index contributed by atoms with van der Waals surface area (Å²) in [6, 6.07) is 0.631. The standard InChI is InChI=1S/C11H21N3O/c1-9-8-14(7-6-12-9)10-4-2-3-5-13-11(10)15/h9-10,12H,2-8H2,1H3,(H,13,15)/t9-,10?/m1/s1. The zero-order valence-corrected chi connectivity index (χ0v) is 9.46. The molecule has 4 heteroatoms. The topological polar surface area (TPSA) is 44.4 Å². The maximum Gasteiger partial charge on any atom is 0.237 e. The average Bonchev–Trinajstić information content (AvgIpc) is 2.43. The zero-order valence-electron chi connectivity index (χ0n) is 9.46. The van der Waals surface area contributed by atoms with Crippen LogP contribution in [0.2, 0.25) is 0 Å². The summed E-state index contributed by atoms with van der Waals surface area (Å²) in [6.45, 7) is 6.04. The van der Waals surface area contributed by atoms with Crippen molar-refractivity contribution in [2.24, 2.45) is 0 Å². The van der Waals surface area contributed by atoms with Crippen LogP contribution in [-0.2, 0) is 4.79 Å². The Hall–Kier alpha value is -0.610. The quantitative estimate of drug-likeness (QED) is 0.639. The first-order valence-electron chi connectivity index (χ1n) is 6.02. The molecule has 0 bridgehead atoms. The molecule has 0 aromatic heterocycles. The summed E-state index contributed by atoms with van der Waals surface area (Å²) in [5.41, 5.74) is 0. The molecule has 0 saturated carbocycles. The third-order valence-electron chi connectivity index (χ3n) is 3.35. The van der Waals surface area contributed by atoms with Gasteiger partial charge in [-0.25, -0.2) is 0 Å². The molecule has 2 fully saturated rings. The van der Waals surface area contributed by atoms with Gasteiger partial charge < -0.3 is 10.6 Å². The van der Waals surface area contributed by atoms with Crippen LogP contribution < -0.4 is 10.6 Å². The second-order valence-corrected chi connectivity index (χ2v) is 4.65. The Balaban J connectivity index is 1.97. The second kappa shape index (κ2) is 4.94. The molecule has 0 aromatic carbocycles. The lowest BCUT2D eigenvalue weighted by atomic mass is 10.1. The van der Waals surface area contributed by atoms with E-state index in [1.165, 1.54) is 6.42 Å². The predicted octanol–water partition coefficient (Wildman–Crippen LogP) is -0.0512. The number of carbonyl (C=O) groups is 1. The lowest BCUT2D eigenvalue weighted by molar-refractivity contribution is -0.126. The zero-order chi connectivity index (χ0) is 10.7. The number of nitrogens with one attached hydrogen (secondary N) is 2. The summed E-state index contributed by atoms with van der Waals surface area (Å²) in [4.78, 5) is 14.2. The lowest BCUT2D eigenvalue weighted by Gasteiger charge is -2.36. The van der Waals surface area contributed by atoms with E-state index in [1.807, 2.05) is 0 Å². The van der Waals surface area contributed by atoms with E-state index in [9.17, 15) is 4.79 Å². The van der Waals surface area contributed by atoms with E-state index in [4.69, 9.17) is 0 Å². The molecule has 15 heavy (non-hydrogen) atoms. The van der Waals surface area contributed by atoms with Crippen LogP contribution in [0.4, 0.5) is 0 Å². The Morgan fingerprint density at radius 3 is 3.00 bits per heavy atom. The van der Waals surface area contributed by atoms with Crippen molar-refractivity contribution in [1.29, 1.82) is 0 Å². The predicted molar refractivity (Wildman–Crippen MR) is 59.7 cm³/mol.